The molecule has 0 aliphatic heterocycles. The van der Waals surface area contributed by atoms with Gasteiger partial charge in [-0.3, -0.25) is 9.59 Å². The minimum atomic E-state index is -0.503. The molecule has 0 fully saturated rings. The number of carbonyl (C=O) groups excluding carboxylic acids is 2. The molecule has 1 heterocycles. The predicted molar refractivity (Wildman–Crippen MR) is 89.4 cm³/mol. The van der Waals surface area contributed by atoms with Crippen LogP contribution in [0.25, 0.3) is 0 Å². The first-order chi connectivity index (χ1) is 11.1. The monoisotopic (exact) mass is 354 g/mol. The number of hydrogen-bond donors (Lipinski definition) is 2. The van der Waals surface area contributed by atoms with Crippen LogP contribution in [0.2, 0.25) is 5.02 Å². The zero-order valence-corrected chi connectivity index (χ0v) is 13.8. The third kappa shape index (κ3) is 5.65. The summed E-state index contributed by atoms with van der Waals surface area (Å²) in [4.78, 5) is 24.8. The van der Waals surface area contributed by atoms with Gasteiger partial charge in [0.15, 0.2) is 0 Å². The minimum Gasteiger partial charge on any atom is -0.356 e. The molecule has 23 heavy (non-hydrogen) atoms. The molecule has 2 amide bonds. The average Bonchev–Trinajstić information content (AvgIpc) is 3.00. The Hall–Kier alpha value is -1.92. The van der Waals surface area contributed by atoms with Crippen LogP contribution < -0.4 is 10.6 Å². The van der Waals surface area contributed by atoms with Gasteiger partial charge in [0.05, 0.1) is 10.6 Å². The zero-order valence-electron chi connectivity index (χ0n) is 12.3. The van der Waals surface area contributed by atoms with E-state index in [9.17, 15) is 14.0 Å². The first kappa shape index (κ1) is 17.4. The quantitative estimate of drug-likeness (QED) is 0.803. The number of thiophene rings is 1. The van der Waals surface area contributed by atoms with Gasteiger partial charge in [0.2, 0.25) is 5.91 Å². The fourth-order valence-electron chi connectivity index (χ4n) is 1.93. The van der Waals surface area contributed by atoms with Gasteiger partial charge < -0.3 is 10.6 Å². The summed E-state index contributed by atoms with van der Waals surface area (Å²) < 4.78 is 12.9. The maximum absolute atomic E-state index is 12.9. The Morgan fingerprint density at radius 1 is 1.17 bits per heavy atom. The van der Waals surface area contributed by atoms with Crippen molar-refractivity contribution < 1.29 is 14.0 Å². The van der Waals surface area contributed by atoms with Crippen LogP contribution in [0.1, 0.15) is 21.7 Å². The molecule has 0 saturated carbocycles. The Morgan fingerprint density at radius 2 is 2.00 bits per heavy atom. The van der Waals surface area contributed by atoms with Crippen molar-refractivity contribution in [3.05, 3.63) is 57.0 Å². The Balaban J connectivity index is 1.67. The summed E-state index contributed by atoms with van der Waals surface area (Å²) >= 11 is 7.45. The number of carbonyl (C=O) groups is 2. The van der Waals surface area contributed by atoms with Gasteiger partial charge in [-0.05, 0) is 36.1 Å². The van der Waals surface area contributed by atoms with Gasteiger partial charge in [-0.15, -0.1) is 11.3 Å². The van der Waals surface area contributed by atoms with Crippen molar-refractivity contribution in [1.29, 1.82) is 0 Å². The molecule has 0 saturated heterocycles. The van der Waals surface area contributed by atoms with E-state index in [0.29, 0.717) is 6.54 Å². The van der Waals surface area contributed by atoms with Crippen molar-refractivity contribution in [3.8, 4) is 0 Å². The first-order valence-corrected chi connectivity index (χ1v) is 8.34. The average molecular weight is 355 g/mol. The van der Waals surface area contributed by atoms with Gasteiger partial charge >= 0.3 is 0 Å². The highest BCUT2D eigenvalue weighted by molar-refractivity contribution is 7.09. The van der Waals surface area contributed by atoms with Crippen molar-refractivity contribution in [1.82, 2.24) is 10.6 Å². The van der Waals surface area contributed by atoms with Crippen molar-refractivity contribution in [2.45, 2.75) is 12.8 Å². The Morgan fingerprint density at radius 3 is 2.70 bits per heavy atom. The lowest BCUT2D eigenvalue weighted by Gasteiger charge is -2.07. The number of rotatable bonds is 7. The molecule has 2 rings (SSSR count). The van der Waals surface area contributed by atoms with E-state index in [1.54, 1.807) is 11.3 Å². The van der Waals surface area contributed by atoms with Crippen LogP contribution in [0.3, 0.4) is 0 Å². The number of hydrogen-bond acceptors (Lipinski definition) is 3. The van der Waals surface area contributed by atoms with E-state index in [2.05, 4.69) is 10.6 Å². The molecule has 1 aromatic heterocycles. The number of amides is 2. The lowest BCUT2D eigenvalue weighted by molar-refractivity contribution is -0.120. The standard InChI is InChI=1S/C16H16ClFN2O2S/c17-14-10-11(18)3-4-13(14)16(22)20-8-6-15(21)19-7-5-12-2-1-9-23-12/h1-4,9-10H,5-8H2,(H,19,21)(H,20,22). The molecule has 0 aliphatic carbocycles. The lowest BCUT2D eigenvalue weighted by Crippen LogP contribution is -2.31. The molecule has 0 aliphatic rings. The molecular weight excluding hydrogens is 339 g/mol. The summed E-state index contributed by atoms with van der Waals surface area (Å²) in [6, 6.07) is 7.54. The number of nitrogens with one attached hydrogen (secondary N) is 2. The van der Waals surface area contributed by atoms with Crippen LogP contribution in [0.5, 0.6) is 0 Å². The second kappa shape index (κ2) is 8.64. The van der Waals surface area contributed by atoms with Gasteiger partial charge in [0.1, 0.15) is 5.82 Å². The highest BCUT2D eigenvalue weighted by Gasteiger charge is 2.11. The molecular formula is C16H16ClFN2O2S. The second-order valence-electron chi connectivity index (χ2n) is 4.81. The summed E-state index contributed by atoms with van der Waals surface area (Å²) in [6.45, 7) is 0.758. The molecule has 0 atom stereocenters. The molecule has 4 nitrogen and oxygen atoms in total. The number of benzene rings is 1. The summed E-state index contributed by atoms with van der Waals surface area (Å²) in [5, 5.41) is 7.42. The molecule has 0 unspecified atom stereocenters. The normalized spacial score (nSPS) is 10.3. The highest BCUT2D eigenvalue weighted by Crippen LogP contribution is 2.16. The van der Waals surface area contributed by atoms with Crippen molar-refractivity contribution >= 4 is 34.8 Å². The molecule has 0 bridgehead atoms. The molecule has 1 aromatic carbocycles. The predicted octanol–water partition coefficient (Wildman–Crippen LogP) is 3.02. The van der Waals surface area contributed by atoms with E-state index in [1.165, 1.54) is 10.9 Å². The lowest BCUT2D eigenvalue weighted by atomic mass is 10.2. The molecule has 0 radical (unpaired) electrons. The minimum absolute atomic E-state index is 0.0444. The van der Waals surface area contributed by atoms with Crippen LogP contribution in [0, 0.1) is 5.82 Å². The highest BCUT2D eigenvalue weighted by atomic mass is 35.5. The van der Waals surface area contributed by atoms with Gasteiger partial charge in [-0.1, -0.05) is 17.7 Å². The third-order valence-corrected chi connectivity index (χ3v) is 4.34. The topological polar surface area (TPSA) is 58.2 Å². The maximum Gasteiger partial charge on any atom is 0.252 e. The van der Waals surface area contributed by atoms with Gasteiger partial charge in [0, 0.05) is 24.4 Å². The Kier molecular flexibility index (Phi) is 6.55. The smallest absolute Gasteiger partial charge is 0.252 e. The molecule has 122 valence electrons. The Labute approximate surface area is 142 Å². The largest absolute Gasteiger partial charge is 0.356 e. The van der Waals surface area contributed by atoms with Crippen LogP contribution in [-0.4, -0.2) is 24.9 Å². The summed E-state index contributed by atoms with van der Waals surface area (Å²) in [7, 11) is 0. The van der Waals surface area contributed by atoms with Crippen LogP contribution in [-0.2, 0) is 11.2 Å². The van der Waals surface area contributed by atoms with Gasteiger partial charge in [-0.25, -0.2) is 4.39 Å². The van der Waals surface area contributed by atoms with E-state index in [0.717, 1.165) is 18.6 Å². The first-order valence-electron chi connectivity index (χ1n) is 7.08. The molecule has 2 aromatic rings. The zero-order chi connectivity index (χ0) is 16.7. The summed E-state index contributed by atoms with van der Waals surface area (Å²) in [5.41, 5.74) is 0.186. The van der Waals surface area contributed by atoms with Crippen molar-refractivity contribution in [2.75, 3.05) is 13.1 Å². The molecule has 7 heteroatoms. The van der Waals surface area contributed by atoms with Crippen LogP contribution in [0.15, 0.2) is 35.7 Å². The van der Waals surface area contributed by atoms with E-state index >= 15 is 0 Å². The van der Waals surface area contributed by atoms with Gasteiger partial charge in [0.25, 0.3) is 5.91 Å². The van der Waals surface area contributed by atoms with Crippen LogP contribution >= 0.6 is 22.9 Å². The van der Waals surface area contributed by atoms with E-state index < -0.39 is 11.7 Å². The van der Waals surface area contributed by atoms with E-state index in [1.807, 2.05) is 17.5 Å². The fourth-order valence-corrected chi connectivity index (χ4v) is 2.89. The summed E-state index contributed by atoms with van der Waals surface area (Å²) in [5.74, 6) is -1.06. The van der Waals surface area contributed by atoms with Crippen molar-refractivity contribution in [3.63, 3.8) is 0 Å². The molecule has 2 N–H and O–H groups in total. The fraction of sp³-hybridized carbons (Fsp3) is 0.250. The summed E-state index contributed by atoms with van der Waals surface area (Å²) in [6.07, 6.45) is 0.968. The van der Waals surface area contributed by atoms with Crippen molar-refractivity contribution in [2.24, 2.45) is 0 Å². The van der Waals surface area contributed by atoms with E-state index in [4.69, 9.17) is 11.6 Å². The Bertz CT molecular complexity index is 677. The maximum atomic E-state index is 12.9. The van der Waals surface area contributed by atoms with E-state index in [-0.39, 0.29) is 29.5 Å². The number of halogens is 2. The SMILES string of the molecule is O=C(CCNC(=O)c1ccc(F)cc1Cl)NCCc1cccs1. The second-order valence-corrected chi connectivity index (χ2v) is 6.25. The van der Waals surface area contributed by atoms with Gasteiger partial charge in [-0.2, -0.15) is 0 Å². The molecule has 0 spiro atoms. The van der Waals surface area contributed by atoms with Crippen LogP contribution in [0.4, 0.5) is 4.39 Å². The third-order valence-electron chi connectivity index (χ3n) is 3.09.